The summed E-state index contributed by atoms with van der Waals surface area (Å²) in [5, 5.41) is 4.24. The van der Waals surface area contributed by atoms with Crippen LogP contribution in [0.1, 0.15) is 22.8 Å². The molecular formula is C18H17ClN2O4. The van der Waals surface area contributed by atoms with E-state index >= 15 is 0 Å². The number of hydrazone groups is 1. The first-order valence-corrected chi connectivity index (χ1v) is 7.95. The van der Waals surface area contributed by atoms with E-state index in [9.17, 15) is 9.59 Å². The van der Waals surface area contributed by atoms with E-state index < -0.39 is 11.9 Å². The van der Waals surface area contributed by atoms with Crippen LogP contribution in [-0.4, -0.2) is 31.3 Å². The van der Waals surface area contributed by atoms with Crippen LogP contribution < -0.4 is 10.2 Å². The molecule has 1 amide bonds. The van der Waals surface area contributed by atoms with Crippen molar-refractivity contribution in [2.45, 2.75) is 6.92 Å². The fraction of sp³-hybridized carbons (Fsp3) is 0.167. The van der Waals surface area contributed by atoms with Gasteiger partial charge >= 0.3 is 5.97 Å². The molecule has 1 N–H and O–H groups in total. The minimum absolute atomic E-state index is 0.204. The minimum Gasteiger partial charge on any atom is -0.481 e. The second-order valence-corrected chi connectivity index (χ2v) is 5.22. The van der Waals surface area contributed by atoms with Gasteiger partial charge in [-0.05, 0) is 31.2 Å². The zero-order chi connectivity index (χ0) is 18.1. The van der Waals surface area contributed by atoms with Gasteiger partial charge in [0.05, 0.1) is 23.4 Å². The lowest BCUT2D eigenvalue weighted by Crippen LogP contribution is -2.18. The van der Waals surface area contributed by atoms with Gasteiger partial charge in [0, 0.05) is 5.56 Å². The van der Waals surface area contributed by atoms with Crippen molar-refractivity contribution >= 4 is 29.7 Å². The molecule has 0 heterocycles. The van der Waals surface area contributed by atoms with Gasteiger partial charge in [-0.1, -0.05) is 35.9 Å². The Morgan fingerprint density at radius 1 is 1.16 bits per heavy atom. The molecule has 7 heteroatoms. The number of hydrogen-bond donors (Lipinski definition) is 1. The third-order valence-electron chi connectivity index (χ3n) is 3.06. The monoisotopic (exact) mass is 360 g/mol. The van der Waals surface area contributed by atoms with Gasteiger partial charge in [0.15, 0.2) is 6.61 Å². The maximum absolute atomic E-state index is 12.0. The van der Waals surface area contributed by atoms with Crippen molar-refractivity contribution in [1.82, 2.24) is 5.43 Å². The normalized spacial score (nSPS) is 10.5. The molecule has 0 bridgehead atoms. The second-order valence-electron chi connectivity index (χ2n) is 4.81. The minimum atomic E-state index is -0.457. The smallest absolute Gasteiger partial charge is 0.344 e. The van der Waals surface area contributed by atoms with Gasteiger partial charge in [0.1, 0.15) is 5.75 Å². The van der Waals surface area contributed by atoms with Crippen LogP contribution in [0.2, 0.25) is 5.02 Å². The van der Waals surface area contributed by atoms with E-state index in [2.05, 4.69) is 10.5 Å². The molecule has 0 unspecified atom stereocenters. The average molecular weight is 361 g/mol. The maximum atomic E-state index is 12.0. The van der Waals surface area contributed by atoms with Crippen molar-refractivity contribution in [3.63, 3.8) is 0 Å². The third-order valence-corrected chi connectivity index (χ3v) is 3.39. The largest absolute Gasteiger partial charge is 0.481 e. The van der Waals surface area contributed by atoms with Crippen LogP contribution in [0, 0.1) is 0 Å². The van der Waals surface area contributed by atoms with Crippen molar-refractivity contribution in [3.8, 4) is 5.75 Å². The SMILES string of the molecule is CCOC(=O)COc1ccccc1C=NNC(=O)c1ccccc1Cl. The number of para-hydroxylation sites is 1. The molecule has 6 nitrogen and oxygen atoms in total. The van der Waals surface area contributed by atoms with Crippen LogP contribution in [0.25, 0.3) is 0 Å². The summed E-state index contributed by atoms with van der Waals surface area (Å²) in [7, 11) is 0. The van der Waals surface area contributed by atoms with Gasteiger partial charge in [-0.25, -0.2) is 10.2 Å². The van der Waals surface area contributed by atoms with E-state index in [4.69, 9.17) is 21.1 Å². The van der Waals surface area contributed by atoms with Crippen molar-refractivity contribution < 1.29 is 19.1 Å². The Balaban J connectivity index is 2.00. The zero-order valence-corrected chi connectivity index (χ0v) is 14.3. The number of nitrogens with one attached hydrogen (secondary N) is 1. The lowest BCUT2D eigenvalue weighted by atomic mass is 10.2. The fourth-order valence-electron chi connectivity index (χ4n) is 1.92. The predicted molar refractivity (Wildman–Crippen MR) is 95.1 cm³/mol. The molecule has 0 spiro atoms. The van der Waals surface area contributed by atoms with Crippen LogP contribution >= 0.6 is 11.6 Å². The van der Waals surface area contributed by atoms with E-state index in [0.717, 1.165) is 0 Å². The first-order chi connectivity index (χ1) is 12.1. The van der Waals surface area contributed by atoms with Crippen LogP contribution in [0.4, 0.5) is 0 Å². The molecule has 0 aliphatic heterocycles. The van der Waals surface area contributed by atoms with Crippen LogP contribution in [0.15, 0.2) is 53.6 Å². The molecule has 0 aromatic heterocycles. The quantitative estimate of drug-likeness (QED) is 0.467. The third kappa shape index (κ3) is 5.61. The molecule has 25 heavy (non-hydrogen) atoms. The van der Waals surface area contributed by atoms with Crippen molar-refractivity contribution in [1.29, 1.82) is 0 Å². The van der Waals surface area contributed by atoms with E-state index in [1.54, 1.807) is 55.5 Å². The van der Waals surface area contributed by atoms with Gasteiger partial charge < -0.3 is 9.47 Å². The highest BCUT2D eigenvalue weighted by Crippen LogP contribution is 2.16. The maximum Gasteiger partial charge on any atom is 0.344 e. The lowest BCUT2D eigenvalue weighted by Gasteiger charge is -2.08. The molecule has 0 atom stereocenters. The van der Waals surface area contributed by atoms with Gasteiger partial charge in [-0.3, -0.25) is 4.79 Å². The Kier molecular flexibility index (Phi) is 6.98. The number of benzene rings is 2. The Bertz CT molecular complexity index is 777. The summed E-state index contributed by atoms with van der Waals surface area (Å²) in [6.07, 6.45) is 1.43. The Morgan fingerprint density at radius 2 is 1.88 bits per heavy atom. The molecule has 130 valence electrons. The predicted octanol–water partition coefficient (Wildman–Crippen LogP) is 3.05. The molecular weight excluding hydrogens is 344 g/mol. The molecule has 2 aromatic carbocycles. The van der Waals surface area contributed by atoms with Crippen LogP contribution in [0.3, 0.4) is 0 Å². The van der Waals surface area contributed by atoms with Crippen LogP contribution in [0.5, 0.6) is 5.75 Å². The molecule has 2 aromatic rings. The van der Waals surface area contributed by atoms with Gasteiger partial charge in [0.2, 0.25) is 0 Å². The number of hydrogen-bond acceptors (Lipinski definition) is 5. The van der Waals surface area contributed by atoms with Gasteiger partial charge in [0.25, 0.3) is 5.91 Å². The van der Waals surface area contributed by atoms with E-state index in [-0.39, 0.29) is 6.61 Å². The molecule has 0 aliphatic rings. The number of ether oxygens (including phenoxy) is 2. The van der Waals surface area contributed by atoms with Gasteiger partial charge in [-0.2, -0.15) is 5.10 Å². The zero-order valence-electron chi connectivity index (χ0n) is 13.6. The number of halogens is 1. The summed E-state index contributed by atoms with van der Waals surface area (Å²) in [4.78, 5) is 23.4. The summed E-state index contributed by atoms with van der Waals surface area (Å²) in [5.74, 6) is -0.431. The number of rotatable bonds is 7. The summed E-state index contributed by atoms with van der Waals surface area (Å²) in [5.41, 5.74) is 3.33. The number of esters is 1. The Morgan fingerprint density at radius 3 is 2.64 bits per heavy atom. The molecule has 0 saturated heterocycles. The number of carbonyl (C=O) groups is 2. The average Bonchev–Trinajstić information content (AvgIpc) is 2.61. The van der Waals surface area contributed by atoms with Gasteiger partial charge in [-0.15, -0.1) is 0 Å². The Labute approximate surface area is 150 Å². The summed E-state index contributed by atoms with van der Waals surface area (Å²) < 4.78 is 10.2. The molecule has 0 aliphatic carbocycles. The lowest BCUT2D eigenvalue weighted by molar-refractivity contribution is -0.145. The van der Waals surface area contributed by atoms with Crippen molar-refractivity contribution in [2.75, 3.05) is 13.2 Å². The highest BCUT2D eigenvalue weighted by molar-refractivity contribution is 6.33. The molecule has 0 fully saturated rings. The first-order valence-electron chi connectivity index (χ1n) is 7.57. The first kappa shape index (κ1) is 18.5. The van der Waals surface area contributed by atoms with E-state index in [1.807, 2.05) is 0 Å². The number of nitrogens with zero attached hydrogens (tertiary/aromatic N) is 1. The Hall–Kier alpha value is -2.86. The topological polar surface area (TPSA) is 77.0 Å². The summed E-state index contributed by atoms with van der Waals surface area (Å²) in [6, 6.07) is 13.7. The molecule has 2 rings (SSSR count). The number of carbonyl (C=O) groups excluding carboxylic acids is 2. The second kappa shape index (κ2) is 9.44. The van der Waals surface area contributed by atoms with E-state index in [0.29, 0.717) is 28.5 Å². The molecule has 0 radical (unpaired) electrons. The van der Waals surface area contributed by atoms with Crippen molar-refractivity contribution in [2.24, 2.45) is 5.10 Å². The molecule has 0 saturated carbocycles. The number of amides is 1. The highest BCUT2D eigenvalue weighted by Gasteiger charge is 2.09. The van der Waals surface area contributed by atoms with E-state index in [1.165, 1.54) is 6.21 Å². The fourth-order valence-corrected chi connectivity index (χ4v) is 2.15. The summed E-state index contributed by atoms with van der Waals surface area (Å²) >= 11 is 5.96. The highest BCUT2D eigenvalue weighted by atomic mass is 35.5. The summed E-state index contributed by atoms with van der Waals surface area (Å²) in [6.45, 7) is 1.81. The standard InChI is InChI=1S/C18H17ClN2O4/c1-2-24-17(22)12-25-16-10-6-3-7-13(16)11-20-21-18(23)14-8-4-5-9-15(14)19/h3-11H,2,12H2,1H3,(H,21,23). The van der Waals surface area contributed by atoms with Crippen molar-refractivity contribution in [3.05, 3.63) is 64.7 Å². The van der Waals surface area contributed by atoms with Crippen LogP contribution in [-0.2, 0) is 9.53 Å².